The summed E-state index contributed by atoms with van der Waals surface area (Å²) >= 11 is 0. The molecule has 1 aromatic carbocycles. The third kappa shape index (κ3) is 4.10. The van der Waals surface area contributed by atoms with Gasteiger partial charge in [-0.15, -0.1) is 6.58 Å². The van der Waals surface area contributed by atoms with E-state index in [0.717, 1.165) is 0 Å². The number of carbonyl (C=O) groups excluding carboxylic acids is 1. The van der Waals surface area contributed by atoms with E-state index in [9.17, 15) is 9.59 Å². The molecule has 0 aliphatic heterocycles. The summed E-state index contributed by atoms with van der Waals surface area (Å²) in [6.45, 7) is 3.53. The maximum absolute atomic E-state index is 11.2. The van der Waals surface area contributed by atoms with Crippen molar-refractivity contribution in [2.45, 2.75) is 12.3 Å². The second-order valence-corrected chi connectivity index (χ2v) is 3.60. The lowest BCUT2D eigenvalue weighted by molar-refractivity contribution is -0.138. The lowest BCUT2D eigenvalue weighted by atomic mass is 9.99. The molecule has 0 saturated heterocycles. The quantitative estimate of drug-likeness (QED) is 0.732. The van der Waals surface area contributed by atoms with E-state index in [2.05, 4.69) is 11.9 Å². The SMILES string of the molecule is C=CCC(=O)NCC(C(=O)O)c1ccccc1. The fourth-order valence-electron chi connectivity index (χ4n) is 1.45. The number of rotatable bonds is 6. The molecule has 0 spiro atoms. The molecule has 2 N–H and O–H groups in total. The molecule has 1 rings (SSSR count). The highest BCUT2D eigenvalue weighted by Gasteiger charge is 2.19. The van der Waals surface area contributed by atoms with E-state index in [-0.39, 0.29) is 18.9 Å². The van der Waals surface area contributed by atoms with Gasteiger partial charge in [0.1, 0.15) is 0 Å². The van der Waals surface area contributed by atoms with Gasteiger partial charge in [-0.1, -0.05) is 36.4 Å². The van der Waals surface area contributed by atoms with E-state index in [1.165, 1.54) is 6.08 Å². The first-order chi connectivity index (χ1) is 8.15. The molecule has 17 heavy (non-hydrogen) atoms. The highest BCUT2D eigenvalue weighted by molar-refractivity contribution is 5.80. The molecule has 0 aliphatic rings. The summed E-state index contributed by atoms with van der Waals surface area (Å²) in [5.74, 6) is -1.89. The number of hydrogen-bond donors (Lipinski definition) is 2. The maximum Gasteiger partial charge on any atom is 0.312 e. The first-order valence-electron chi connectivity index (χ1n) is 5.30. The Bertz CT molecular complexity index is 400. The molecule has 1 unspecified atom stereocenters. The lowest BCUT2D eigenvalue weighted by Crippen LogP contribution is -2.31. The van der Waals surface area contributed by atoms with Gasteiger partial charge < -0.3 is 10.4 Å². The van der Waals surface area contributed by atoms with Crippen molar-refractivity contribution in [1.29, 1.82) is 0 Å². The van der Waals surface area contributed by atoms with Crippen molar-refractivity contribution in [2.24, 2.45) is 0 Å². The fourth-order valence-corrected chi connectivity index (χ4v) is 1.45. The van der Waals surface area contributed by atoms with Crippen LogP contribution in [0.1, 0.15) is 17.9 Å². The van der Waals surface area contributed by atoms with Crippen molar-refractivity contribution in [3.8, 4) is 0 Å². The minimum Gasteiger partial charge on any atom is -0.481 e. The van der Waals surface area contributed by atoms with Gasteiger partial charge in [0.05, 0.1) is 5.92 Å². The van der Waals surface area contributed by atoms with Crippen molar-refractivity contribution in [3.63, 3.8) is 0 Å². The van der Waals surface area contributed by atoms with Gasteiger partial charge in [-0.05, 0) is 5.56 Å². The second kappa shape index (κ2) is 6.48. The molecular formula is C13H15NO3. The minimum absolute atomic E-state index is 0.0893. The third-order valence-corrected chi connectivity index (χ3v) is 2.33. The number of hydrogen-bond acceptors (Lipinski definition) is 2. The van der Waals surface area contributed by atoms with E-state index < -0.39 is 11.9 Å². The van der Waals surface area contributed by atoms with Crippen LogP contribution in [0.2, 0.25) is 0 Å². The smallest absolute Gasteiger partial charge is 0.312 e. The summed E-state index contributed by atoms with van der Waals surface area (Å²) in [7, 11) is 0. The van der Waals surface area contributed by atoms with Gasteiger partial charge in [0, 0.05) is 13.0 Å². The topological polar surface area (TPSA) is 66.4 Å². The number of carboxylic acids is 1. The zero-order valence-corrected chi connectivity index (χ0v) is 9.43. The van der Waals surface area contributed by atoms with Crippen molar-refractivity contribution in [3.05, 3.63) is 48.6 Å². The highest BCUT2D eigenvalue weighted by Crippen LogP contribution is 2.14. The molecule has 1 aromatic rings. The number of carbonyl (C=O) groups is 2. The van der Waals surface area contributed by atoms with Crippen LogP contribution in [0, 0.1) is 0 Å². The van der Waals surface area contributed by atoms with Crippen LogP contribution in [0.5, 0.6) is 0 Å². The van der Waals surface area contributed by atoms with Crippen LogP contribution in [0.25, 0.3) is 0 Å². The predicted molar refractivity (Wildman–Crippen MR) is 64.6 cm³/mol. The summed E-state index contributed by atoms with van der Waals surface area (Å²) in [5, 5.41) is 11.7. The maximum atomic E-state index is 11.2. The Morgan fingerprint density at radius 3 is 2.53 bits per heavy atom. The van der Waals surface area contributed by atoms with E-state index >= 15 is 0 Å². The molecule has 0 fully saturated rings. The monoisotopic (exact) mass is 233 g/mol. The van der Waals surface area contributed by atoms with Crippen LogP contribution in [-0.2, 0) is 9.59 Å². The summed E-state index contributed by atoms with van der Waals surface area (Å²) in [6.07, 6.45) is 1.68. The molecular weight excluding hydrogens is 218 g/mol. The molecule has 4 nitrogen and oxygen atoms in total. The zero-order chi connectivity index (χ0) is 12.7. The highest BCUT2D eigenvalue weighted by atomic mass is 16.4. The molecule has 1 atom stereocenters. The molecule has 0 aromatic heterocycles. The molecule has 0 heterocycles. The van der Waals surface area contributed by atoms with Gasteiger partial charge in [-0.2, -0.15) is 0 Å². The molecule has 0 saturated carbocycles. The van der Waals surface area contributed by atoms with Crippen molar-refractivity contribution >= 4 is 11.9 Å². The van der Waals surface area contributed by atoms with Gasteiger partial charge in [0.25, 0.3) is 0 Å². The Hall–Kier alpha value is -2.10. The Morgan fingerprint density at radius 2 is 2.00 bits per heavy atom. The van der Waals surface area contributed by atoms with Crippen LogP contribution >= 0.6 is 0 Å². The molecule has 4 heteroatoms. The molecule has 0 aliphatic carbocycles. The summed E-state index contributed by atoms with van der Waals surface area (Å²) in [6, 6.07) is 8.84. The van der Waals surface area contributed by atoms with E-state index in [4.69, 9.17) is 5.11 Å². The summed E-state index contributed by atoms with van der Waals surface area (Å²) in [4.78, 5) is 22.3. The first kappa shape index (κ1) is 13.0. The Kier molecular flexibility index (Phi) is 4.94. The third-order valence-electron chi connectivity index (χ3n) is 2.33. The van der Waals surface area contributed by atoms with Crippen molar-refractivity contribution in [1.82, 2.24) is 5.32 Å². The number of benzene rings is 1. The zero-order valence-electron chi connectivity index (χ0n) is 9.43. The standard InChI is InChI=1S/C13H15NO3/c1-2-6-12(15)14-9-11(13(16)17)10-7-4-3-5-8-10/h2-5,7-8,11H,1,6,9H2,(H,14,15)(H,16,17). The number of aliphatic carboxylic acids is 1. The molecule has 1 amide bonds. The second-order valence-electron chi connectivity index (χ2n) is 3.60. The number of nitrogens with one attached hydrogen (secondary N) is 1. The largest absolute Gasteiger partial charge is 0.481 e. The first-order valence-corrected chi connectivity index (χ1v) is 5.30. The number of amides is 1. The summed E-state index contributed by atoms with van der Waals surface area (Å²) in [5.41, 5.74) is 0.680. The Morgan fingerprint density at radius 1 is 1.35 bits per heavy atom. The Balaban J connectivity index is 2.65. The van der Waals surface area contributed by atoms with Gasteiger partial charge >= 0.3 is 5.97 Å². The predicted octanol–water partition coefficient (Wildman–Crippen LogP) is 1.55. The average molecular weight is 233 g/mol. The molecule has 0 bridgehead atoms. The van der Waals surface area contributed by atoms with Crippen molar-refractivity contribution < 1.29 is 14.7 Å². The summed E-state index contributed by atoms with van der Waals surface area (Å²) < 4.78 is 0. The van der Waals surface area contributed by atoms with E-state index in [0.29, 0.717) is 5.56 Å². The van der Waals surface area contributed by atoms with Gasteiger partial charge in [0.15, 0.2) is 0 Å². The van der Waals surface area contributed by atoms with E-state index in [1.54, 1.807) is 24.3 Å². The van der Waals surface area contributed by atoms with Crippen LogP contribution < -0.4 is 5.32 Å². The van der Waals surface area contributed by atoms with E-state index in [1.807, 2.05) is 6.07 Å². The minimum atomic E-state index is -0.949. The van der Waals surface area contributed by atoms with Crippen LogP contribution in [-0.4, -0.2) is 23.5 Å². The van der Waals surface area contributed by atoms with Crippen LogP contribution in [0.15, 0.2) is 43.0 Å². The van der Waals surface area contributed by atoms with Crippen molar-refractivity contribution in [2.75, 3.05) is 6.54 Å². The van der Waals surface area contributed by atoms with Gasteiger partial charge in [0.2, 0.25) is 5.91 Å². The lowest BCUT2D eigenvalue weighted by Gasteiger charge is -2.13. The van der Waals surface area contributed by atoms with Crippen LogP contribution in [0.4, 0.5) is 0 Å². The van der Waals surface area contributed by atoms with Gasteiger partial charge in [-0.3, -0.25) is 9.59 Å². The molecule has 90 valence electrons. The fraction of sp³-hybridized carbons (Fsp3) is 0.231. The Labute approximate surface area is 100.0 Å². The number of carboxylic acid groups (broad SMARTS) is 1. The van der Waals surface area contributed by atoms with Crippen LogP contribution in [0.3, 0.4) is 0 Å². The normalized spacial score (nSPS) is 11.5. The van der Waals surface area contributed by atoms with Gasteiger partial charge in [-0.25, -0.2) is 0 Å². The molecule has 0 radical (unpaired) electrons. The average Bonchev–Trinajstić information content (AvgIpc) is 2.30.